The Labute approximate surface area is 94.8 Å². The van der Waals surface area contributed by atoms with Crippen LogP contribution >= 0.6 is 0 Å². The van der Waals surface area contributed by atoms with Crippen molar-refractivity contribution in [3.05, 3.63) is 0 Å². The summed E-state index contributed by atoms with van der Waals surface area (Å²) in [4.78, 5) is 0. The van der Waals surface area contributed by atoms with Crippen molar-refractivity contribution < 1.29 is 4.74 Å². The van der Waals surface area contributed by atoms with E-state index in [1.54, 1.807) is 0 Å². The Morgan fingerprint density at radius 2 is 2.20 bits per heavy atom. The molecule has 90 valence electrons. The van der Waals surface area contributed by atoms with E-state index in [9.17, 15) is 0 Å². The van der Waals surface area contributed by atoms with Crippen molar-refractivity contribution in [2.75, 3.05) is 19.7 Å². The lowest BCUT2D eigenvalue weighted by Crippen LogP contribution is -2.34. The van der Waals surface area contributed by atoms with Gasteiger partial charge in [0.15, 0.2) is 0 Å². The minimum atomic E-state index is 0.421. The molecule has 0 aromatic carbocycles. The summed E-state index contributed by atoms with van der Waals surface area (Å²) in [7, 11) is 0. The zero-order valence-electron chi connectivity index (χ0n) is 10.6. The quantitative estimate of drug-likeness (QED) is 0.656. The monoisotopic (exact) mass is 213 g/mol. The Bertz CT molecular complexity index is 166. The standard InChI is InChI=1S/C13H27NO/c1-4-8-14-11-13(3,5-2)10-12-7-6-9-15-12/h12,14H,4-11H2,1-3H3. The number of nitrogens with one attached hydrogen (secondary N) is 1. The van der Waals surface area contributed by atoms with Crippen molar-refractivity contribution in [1.82, 2.24) is 5.32 Å². The highest BCUT2D eigenvalue weighted by Gasteiger charge is 2.28. The van der Waals surface area contributed by atoms with Crippen molar-refractivity contribution in [1.29, 1.82) is 0 Å². The van der Waals surface area contributed by atoms with Crippen LogP contribution in [0.1, 0.15) is 52.9 Å². The molecule has 0 saturated carbocycles. The lowest BCUT2D eigenvalue weighted by atomic mass is 9.81. The summed E-state index contributed by atoms with van der Waals surface area (Å²) in [5, 5.41) is 3.54. The molecule has 1 N–H and O–H groups in total. The van der Waals surface area contributed by atoms with Gasteiger partial charge >= 0.3 is 0 Å². The molecule has 0 radical (unpaired) electrons. The topological polar surface area (TPSA) is 21.3 Å². The van der Waals surface area contributed by atoms with Crippen molar-refractivity contribution >= 4 is 0 Å². The first-order valence-electron chi connectivity index (χ1n) is 6.52. The Morgan fingerprint density at radius 3 is 2.73 bits per heavy atom. The lowest BCUT2D eigenvalue weighted by Gasteiger charge is -2.31. The Kier molecular flexibility index (Phi) is 5.62. The maximum absolute atomic E-state index is 5.73. The minimum absolute atomic E-state index is 0.421. The maximum Gasteiger partial charge on any atom is 0.0581 e. The molecule has 2 nitrogen and oxygen atoms in total. The molecule has 2 unspecified atom stereocenters. The normalized spacial score (nSPS) is 25.4. The molecule has 1 aliphatic rings. The largest absolute Gasteiger partial charge is 0.378 e. The SMILES string of the molecule is CCCNCC(C)(CC)CC1CCCO1. The van der Waals surface area contributed by atoms with Gasteiger partial charge < -0.3 is 10.1 Å². The molecule has 1 saturated heterocycles. The molecule has 1 fully saturated rings. The highest BCUT2D eigenvalue weighted by molar-refractivity contribution is 4.81. The third kappa shape index (κ3) is 4.52. The maximum atomic E-state index is 5.73. The fraction of sp³-hybridized carbons (Fsp3) is 1.00. The number of hydrogen-bond acceptors (Lipinski definition) is 2. The van der Waals surface area contributed by atoms with E-state index in [2.05, 4.69) is 26.1 Å². The van der Waals surface area contributed by atoms with Gasteiger partial charge in [0.25, 0.3) is 0 Å². The van der Waals surface area contributed by atoms with Crippen LogP contribution in [-0.4, -0.2) is 25.8 Å². The summed E-state index contributed by atoms with van der Waals surface area (Å²) < 4.78 is 5.73. The summed E-state index contributed by atoms with van der Waals surface area (Å²) in [5.74, 6) is 0. The first kappa shape index (κ1) is 13.0. The molecular formula is C13H27NO. The number of hydrogen-bond donors (Lipinski definition) is 1. The average molecular weight is 213 g/mol. The summed E-state index contributed by atoms with van der Waals surface area (Å²) in [6.07, 6.45) is 6.73. The van der Waals surface area contributed by atoms with E-state index in [-0.39, 0.29) is 0 Å². The van der Waals surface area contributed by atoms with Crippen LogP contribution in [0.3, 0.4) is 0 Å². The molecule has 1 aliphatic heterocycles. The Hall–Kier alpha value is -0.0800. The minimum Gasteiger partial charge on any atom is -0.378 e. The van der Waals surface area contributed by atoms with E-state index >= 15 is 0 Å². The number of ether oxygens (including phenoxy) is 1. The first-order valence-corrected chi connectivity index (χ1v) is 6.52. The van der Waals surface area contributed by atoms with E-state index in [0.717, 1.165) is 19.7 Å². The summed E-state index contributed by atoms with van der Waals surface area (Å²) in [6, 6.07) is 0. The predicted octanol–water partition coefficient (Wildman–Crippen LogP) is 2.97. The van der Waals surface area contributed by atoms with Crippen LogP contribution in [0.5, 0.6) is 0 Å². The molecule has 1 heterocycles. The zero-order valence-corrected chi connectivity index (χ0v) is 10.6. The fourth-order valence-electron chi connectivity index (χ4n) is 2.26. The molecule has 2 atom stereocenters. The van der Waals surface area contributed by atoms with Crippen molar-refractivity contribution in [3.63, 3.8) is 0 Å². The van der Waals surface area contributed by atoms with Gasteiger partial charge in [-0.3, -0.25) is 0 Å². The van der Waals surface area contributed by atoms with Gasteiger partial charge in [-0.1, -0.05) is 20.8 Å². The summed E-state index contributed by atoms with van der Waals surface area (Å²) in [5.41, 5.74) is 0.421. The van der Waals surface area contributed by atoms with E-state index < -0.39 is 0 Å². The van der Waals surface area contributed by atoms with Gasteiger partial charge in [0.2, 0.25) is 0 Å². The molecule has 0 spiro atoms. The van der Waals surface area contributed by atoms with Gasteiger partial charge in [0.05, 0.1) is 6.10 Å². The van der Waals surface area contributed by atoms with E-state index in [1.807, 2.05) is 0 Å². The van der Waals surface area contributed by atoms with Gasteiger partial charge in [-0.25, -0.2) is 0 Å². The van der Waals surface area contributed by atoms with Gasteiger partial charge in [0, 0.05) is 13.2 Å². The molecule has 15 heavy (non-hydrogen) atoms. The first-order chi connectivity index (χ1) is 7.20. The van der Waals surface area contributed by atoms with Crippen LogP contribution in [0.15, 0.2) is 0 Å². The van der Waals surface area contributed by atoms with Crippen LogP contribution in [-0.2, 0) is 4.74 Å². The van der Waals surface area contributed by atoms with E-state index in [1.165, 1.54) is 32.1 Å². The Balaban J connectivity index is 2.29. The van der Waals surface area contributed by atoms with Gasteiger partial charge in [-0.05, 0) is 44.1 Å². The van der Waals surface area contributed by atoms with Crippen molar-refractivity contribution in [2.24, 2.45) is 5.41 Å². The average Bonchev–Trinajstić information content (AvgIpc) is 2.71. The summed E-state index contributed by atoms with van der Waals surface area (Å²) in [6.45, 7) is 10.2. The number of rotatable bonds is 7. The second kappa shape index (κ2) is 6.49. The molecule has 0 aliphatic carbocycles. The van der Waals surface area contributed by atoms with Crippen LogP contribution in [0, 0.1) is 5.41 Å². The van der Waals surface area contributed by atoms with Gasteiger partial charge in [0.1, 0.15) is 0 Å². The van der Waals surface area contributed by atoms with Crippen molar-refractivity contribution in [2.45, 2.75) is 59.0 Å². The second-order valence-electron chi connectivity index (χ2n) is 5.18. The van der Waals surface area contributed by atoms with Gasteiger partial charge in [-0.2, -0.15) is 0 Å². The third-order valence-corrected chi connectivity index (χ3v) is 3.58. The molecule has 1 rings (SSSR count). The van der Waals surface area contributed by atoms with E-state index in [4.69, 9.17) is 4.74 Å². The fourth-order valence-corrected chi connectivity index (χ4v) is 2.26. The highest BCUT2D eigenvalue weighted by atomic mass is 16.5. The second-order valence-corrected chi connectivity index (χ2v) is 5.18. The molecule has 2 heteroatoms. The highest BCUT2D eigenvalue weighted by Crippen LogP contribution is 2.31. The third-order valence-electron chi connectivity index (χ3n) is 3.58. The lowest BCUT2D eigenvalue weighted by molar-refractivity contribution is 0.0644. The molecular weight excluding hydrogens is 186 g/mol. The van der Waals surface area contributed by atoms with Crippen LogP contribution < -0.4 is 5.32 Å². The molecule has 0 bridgehead atoms. The van der Waals surface area contributed by atoms with Crippen LogP contribution in [0.4, 0.5) is 0 Å². The molecule has 0 amide bonds. The van der Waals surface area contributed by atoms with Crippen LogP contribution in [0.25, 0.3) is 0 Å². The Morgan fingerprint density at radius 1 is 1.40 bits per heavy atom. The van der Waals surface area contributed by atoms with Crippen LogP contribution in [0.2, 0.25) is 0 Å². The van der Waals surface area contributed by atoms with Crippen molar-refractivity contribution in [3.8, 4) is 0 Å². The zero-order chi connectivity index (χ0) is 11.1. The van der Waals surface area contributed by atoms with Gasteiger partial charge in [-0.15, -0.1) is 0 Å². The smallest absolute Gasteiger partial charge is 0.0581 e. The molecule has 0 aromatic rings. The predicted molar refractivity (Wildman–Crippen MR) is 65.1 cm³/mol. The summed E-state index contributed by atoms with van der Waals surface area (Å²) >= 11 is 0. The van der Waals surface area contributed by atoms with E-state index in [0.29, 0.717) is 11.5 Å². The molecule has 0 aromatic heterocycles.